The largest absolute Gasteiger partial charge is 0.508 e. The molecule has 0 spiro atoms. The van der Waals surface area contributed by atoms with E-state index in [0.717, 1.165) is 11.0 Å². The molecule has 0 bridgehead atoms. The van der Waals surface area contributed by atoms with Gasteiger partial charge in [0.15, 0.2) is 0 Å². The Morgan fingerprint density at radius 2 is 1.29 bits per heavy atom. The first-order valence-electron chi connectivity index (χ1n) is 9.71. The van der Waals surface area contributed by atoms with Gasteiger partial charge in [0.25, 0.3) is 0 Å². The maximum atomic E-state index is 12.6. The second-order valence-electron chi connectivity index (χ2n) is 7.11. The zero-order valence-corrected chi connectivity index (χ0v) is 17.8. The summed E-state index contributed by atoms with van der Waals surface area (Å²) in [5.74, 6) is -0.752. The van der Waals surface area contributed by atoms with Crippen molar-refractivity contribution in [3.8, 4) is 17.2 Å². The fourth-order valence-corrected chi connectivity index (χ4v) is 6.36. The summed E-state index contributed by atoms with van der Waals surface area (Å²) >= 11 is 0. The number of hydrogen-bond donors (Lipinski definition) is 2. The van der Waals surface area contributed by atoms with Crippen LogP contribution in [0, 0.1) is 0 Å². The normalized spacial score (nSPS) is 11.6. The molecule has 0 saturated heterocycles. The van der Waals surface area contributed by atoms with Crippen LogP contribution in [-0.4, -0.2) is 22.4 Å². The molecule has 0 atom stereocenters. The van der Waals surface area contributed by atoms with E-state index < -0.39 is 16.0 Å². The number of esters is 1. The van der Waals surface area contributed by atoms with Gasteiger partial charge < -0.3 is 14.9 Å². The summed E-state index contributed by atoms with van der Waals surface area (Å²) in [6.45, 7) is 0. The van der Waals surface area contributed by atoms with Crippen LogP contribution in [0.2, 0.25) is 0 Å². The summed E-state index contributed by atoms with van der Waals surface area (Å²) in [4.78, 5) is 16.0. The van der Waals surface area contributed by atoms with Crippen LogP contribution >= 0.6 is 10.0 Å². The minimum absolute atomic E-state index is 0.00979. The molecule has 4 aromatic carbocycles. The monoisotopic (exact) mass is 430 g/mol. The van der Waals surface area contributed by atoms with E-state index in [1.807, 2.05) is 54.6 Å². The second-order valence-corrected chi connectivity index (χ2v) is 10.4. The number of phenolic OH excluding ortho intramolecular Hbond substituents is 2. The van der Waals surface area contributed by atoms with E-state index in [1.54, 1.807) is 6.07 Å². The zero-order valence-electron chi connectivity index (χ0n) is 16.9. The standard InChI is InChI=1S/C26H22O4S/c1-31(21-10-4-2-5-11-21,22-12-6-3-7-13-22)23-14-8-9-20(18-23)30-26(29)24-16-15-19(27)17-25(24)28/h2-18,27-28H,1H3. The van der Waals surface area contributed by atoms with Crippen molar-refractivity contribution in [1.29, 1.82) is 0 Å². The van der Waals surface area contributed by atoms with Crippen molar-refractivity contribution in [2.75, 3.05) is 6.26 Å². The molecule has 4 nitrogen and oxygen atoms in total. The molecule has 2 N–H and O–H groups in total. The molecule has 156 valence electrons. The summed E-state index contributed by atoms with van der Waals surface area (Å²) in [5, 5.41) is 19.4. The maximum absolute atomic E-state index is 12.6. The number of hydrogen-bond acceptors (Lipinski definition) is 4. The van der Waals surface area contributed by atoms with Gasteiger partial charge in [0, 0.05) is 11.0 Å². The topological polar surface area (TPSA) is 66.8 Å². The van der Waals surface area contributed by atoms with Crippen molar-refractivity contribution < 1.29 is 19.7 Å². The summed E-state index contributed by atoms with van der Waals surface area (Å²) in [6.07, 6.45) is 2.23. The number of carbonyl (C=O) groups is 1. The molecule has 0 amide bonds. The van der Waals surface area contributed by atoms with Gasteiger partial charge in [-0.3, -0.25) is 0 Å². The number of ether oxygens (including phenoxy) is 1. The highest BCUT2D eigenvalue weighted by molar-refractivity contribution is 8.33. The maximum Gasteiger partial charge on any atom is 0.347 e. The van der Waals surface area contributed by atoms with Crippen LogP contribution in [0.5, 0.6) is 17.2 Å². The smallest absolute Gasteiger partial charge is 0.347 e. The van der Waals surface area contributed by atoms with Crippen LogP contribution in [0.3, 0.4) is 0 Å². The van der Waals surface area contributed by atoms with Crippen molar-refractivity contribution >= 4 is 16.0 Å². The molecule has 4 rings (SSSR count). The molecule has 0 aromatic heterocycles. The van der Waals surface area contributed by atoms with E-state index in [2.05, 4.69) is 30.5 Å². The van der Waals surface area contributed by atoms with Crippen molar-refractivity contribution in [2.45, 2.75) is 14.7 Å². The van der Waals surface area contributed by atoms with Crippen LogP contribution in [0.15, 0.2) is 118 Å². The predicted octanol–water partition coefficient (Wildman–Crippen LogP) is 6.23. The SMILES string of the molecule is CS(c1ccccc1)(c1ccccc1)c1cccc(OC(=O)c2ccc(O)cc2O)c1. The zero-order chi connectivity index (χ0) is 21.8. The number of carbonyl (C=O) groups excluding carboxylic acids is 1. The molecule has 5 heteroatoms. The average Bonchev–Trinajstić information content (AvgIpc) is 2.80. The number of benzene rings is 4. The summed E-state index contributed by atoms with van der Waals surface area (Å²) in [7, 11) is -1.59. The quantitative estimate of drug-likeness (QED) is 0.291. The molecule has 0 heterocycles. The molecule has 0 aliphatic heterocycles. The summed E-state index contributed by atoms with van der Waals surface area (Å²) in [6, 6.07) is 31.9. The van der Waals surface area contributed by atoms with Gasteiger partial charge in [-0.05, 0) is 70.6 Å². The molecule has 0 unspecified atom stereocenters. The van der Waals surface area contributed by atoms with Gasteiger partial charge in [-0.15, -0.1) is 0 Å². The number of aromatic hydroxyl groups is 2. The van der Waals surface area contributed by atoms with Crippen LogP contribution in [0.25, 0.3) is 0 Å². The molecular formula is C26H22O4S. The predicted molar refractivity (Wildman–Crippen MR) is 122 cm³/mol. The third-order valence-corrected chi connectivity index (χ3v) is 8.74. The Morgan fingerprint density at radius 1 is 0.710 bits per heavy atom. The first kappa shape index (κ1) is 20.6. The van der Waals surface area contributed by atoms with Gasteiger partial charge in [-0.25, -0.2) is 4.79 Å². The molecular weight excluding hydrogens is 408 g/mol. The van der Waals surface area contributed by atoms with Gasteiger partial charge in [0.05, 0.1) is 0 Å². The minimum Gasteiger partial charge on any atom is -0.508 e. The van der Waals surface area contributed by atoms with Gasteiger partial charge in [-0.2, -0.15) is 10.0 Å². The van der Waals surface area contributed by atoms with Crippen LogP contribution in [-0.2, 0) is 0 Å². The van der Waals surface area contributed by atoms with Gasteiger partial charge in [-0.1, -0.05) is 42.5 Å². The molecule has 0 saturated carbocycles. The van der Waals surface area contributed by atoms with Gasteiger partial charge in [0.2, 0.25) is 0 Å². The molecule has 0 radical (unpaired) electrons. The van der Waals surface area contributed by atoms with E-state index in [0.29, 0.717) is 5.75 Å². The van der Waals surface area contributed by atoms with Crippen molar-refractivity contribution in [3.05, 3.63) is 109 Å². The van der Waals surface area contributed by atoms with Crippen LogP contribution < -0.4 is 4.74 Å². The molecule has 0 fully saturated rings. The van der Waals surface area contributed by atoms with E-state index >= 15 is 0 Å². The highest BCUT2D eigenvalue weighted by Gasteiger charge is 2.26. The summed E-state index contributed by atoms with van der Waals surface area (Å²) in [5.41, 5.74) is -0.00979. The highest BCUT2D eigenvalue weighted by Crippen LogP contribution is 2.65. The third kappa shape index (κ3) is 4.13. The Kier molecular flexibility index (Phi) is 5.69. The lowest BCUT2D eigenvalue weighted by molar-refractivity contribution is 0.0731. The molecule has 0 aliphatic carbocycles. The lowest BCUT2D eigenvalue weighted by atomic mass is 10.2. The van der Waals surface area contributed by atoms with E-state index in [1.165, 1.54) is 21.9 Å². The van der Waals surface area contributed by atoms with Gasteiger partial charge in [0.1, 0.15) is 22.8 Å². The van der Waals surface area contributed by atoms with Crippen LogP contribution in [0.4, 0.5) is 0 Å². The third-order valence-electron chi connectivity index (χ3n) is 5.12. The first-order chi connectivity index (χ1) is 15.0. The lowest BCUT2D eigenvalue weighted by Gasteiger charge is -2.37. The molecule has 4 aromatic rings. The Morgan fingerprint density at radius 3 is 1.87 bits per heavy atom. The fourth-order valence-electron chi connectivity index (χ4n) is 3.44. The molecule has 31 heavy (non-hydrogen) atoms. The fraction of sp³-hybridized carbons (Fsp3) is 0.0385. The Labute approximate surface area is 182 Å². The number of phenols is 2. The van der Waals surface area contributed by atoms with E-state index in [-0.39, 0.29) is 17.1 Å². The Bertz CT molecular complexity index is 1170. The lowest BCUT2D eigenvalue weighted by Crippen LogP contribution is -2.09. The van der Waals surface area contributed by atoms with Crippen molar-refractivity contribution in [2.24, 2.45) is 0 Å². The Balaban J connectivity index is 1.74. The summed E-state index contributed by atoms with van der Waals surface area (Å²) < 4.78 is 5.56. The first-order valence-corrected chi connectivity index (χ1v) is 11.8. The van der Waals surface area contributed by atoms with Crippen molar-refractivity contribution in [1.82, 2.24) is 0 Å². The highest BCUT2D eigenvalue weighted by atomic mass is 32.3. The van der Waals surface area contributed by atoms with E-state index in [9.17, 15) is 15.0 Å². The number of rotatable bonds is 5. The van der Waals surface area contributed by atoms with Crippen molar-refractivity contribution in [3.63, 3.8) is 0 Å². The molecule has 0 aliphatic rings. The van der Waals surface area contributed by atoms with E-state index in [4.69, 9.17) is 4.74 Å². The average molecular weight is 431 g/mol. The minimum atomic E-state index is -1.59. The van der Waals surface area contributed by atoms with Gasteiger partial charge >= 0.3 is 5.97 Å². The second kappa shape index (κ2) is 8.58. The Hall–Kier alpha value is -3.70. The van der Waals surface area contributed by atoms with Crippen LogP contribution in [0.1, 0.15) is 10.4 Å².